The molecule has 0 fully saturated rings. The summed E-state index contributed by atoms with van der Waals surface area (Å²) in [7, 11) is 0. The fourth-order valence-corrected chi connectivity index (χ4v) is 2.63. The molecule has 3 nitrogen and oxygen atoms in total. The fraction of sp³-hybridized carbons (Fsp3) is 0.105. The maximum absolute atomic E-state index is 11.2. The van der Waals surface area contributed by atoms with E-state index in [0.717, 1.165) is 33.4 Å². The Kier molecular flexibility index (Phi) is 3.55. The van der Waals surface area contributed by atoms with Crippen molar-refractivity contribution in [1.29, 1.82) is 0 Å². The molecule has 0 atom stereocenters. The highest BCUT2D eigenvalue weighted by Crippen LogP contribution is 2.37. The zero-order valence-corrected chi connectivity index (χ0v) is 12.6. The Morgan fingerprint density at radius 2 is 1.77 bits per heavy atom. The second-order valence-electron chi connectivity index (χ2n) is 5.40. The normalized spacial score (nSPS) is 11.8. The molecule has 0 aliphatic heterocycles. The molecule has 0 spiro atoms. The van der Waals surface area contributed by atoms with E-state index in [9.17, 15) is 4.79 Å². The fourth-order valence-electron chi connectivity index (χ4n) is 2.63. The van der Waals surface area contributed by atoms with E-state index >= 15 is 0 Å². The molecule has 2 aromatic carbocycles. The van der Waals surface area contributed by atoms with E-state index in [1.54, 1.807) is 0 Å². The lowest BCUT2D eigenvalue weighted by molar-refractivity contribution is -0.113. The van der Waals surface area contributed by atoms with Gasteiger partial charge in [0.1, 0.15) is 11.3 Å². The number of carbonyl (C=O) groups is 1. The van der Waals surface area contributed by atoms with Crippen LogP contribution in [-0.2, 0) is 4.79 Å². The van der Waals surface area contributed by atoms with Crippen LogP contribution in [0.25, 0.3) is 27.9 Å². The minimum absolute atomic E-state index is 0.461. The molecular formula is C19H17NO2. The third-order valence-corrected chi connectivity index (χ3v) is 3.66. The maximum Gasteiger partial charge on any atom is 0.241 e. The number of rotatable bonds is 3. The summed E-state index contributed by atoms with van der Waals surface area (Å²) < 4.78 is 6.03. The van der Waals surface area contributed by atoms with E-state index in [-0.39, 0.29) is 0 Å². The smallest absolute Gasteiger partial charge is 0.241 e. The number of para-hydroxylation sites is 1. The third kappa shape index (κ3) is 2.53. The first-order valence-corrected chi connectivity index (χ1v) is 7.13. The van der Waals surface area contributed by atoms with Gasteiger partial charge in [-0.3, -0.25) is 4.79 Å². The van der Waals surface area contributed by atoms with E-state index in [4.69, 9.17) is 10.2 Å². The summed E-state index contributed by atoms with van der Waals surface area (Å²) in [6.07, 6.45) is 1.44. The van der Waals surface area contributed by atoms with Gasteiger partial charge in [0.05, 0.1) is 0 Å². The van der Waals surface area contributed by atoms with Crippen molar-refractivity contribution in [2.45, 2.75) is 13.8 Å². The molecule has 0 aliphatic carbocycles. The van der Waals surface area contributed by atoms with Crippen LogP contribution in [0.5, 0.6) is 0 Å². The Morgan fingerprint density at radius 3 is 2.45 bits per heavy atom. The molecule has 22 heavy (non-hydrogen) atoms. The molecule has 0 saturated heterocycles. The van der Waals surface area contributed by atoms with Crippen LogP contribution in [0, 0.1) is 6.92 Å². The summed E-state index contributed by atoms with van der Waals surface area (Å²) in [5.74, 6) is 0.300. The van der Waals surface area contributed by atoms with Crippen molar-refractivity contribution in [3.05, 3.63) is 65.7 Å². The number of primary amides is 1. The van der Waals surface area contributed by atoms with Crippen LogP contribution < -0.4 is 5.73 Å². The first-order valence-electron chi connectivity index (χ1n) is 7.13. The Bertz CT molecular complexity index is 870. The monoisotopic (exact) mass is 291 g/mol. The number of amides is 1. The van der Waals surface area contributed by atoms with Crippen LogP contribution in [0.3, 0.4) is 0 Å². The first kappa shape index (κ1) is 14.1. The van der Waals surface area contributed by atoms with Crippen molar-refractivity contribution < 1.29 is 9.21 Å². The molecule has 3 rings (SSSR count). The van der Waals surface area contributed by atoms with Gasteiger partial charge in [-0.1, -0.05) is 48.0 Å². The van der Waals surface area contributed by atoms with Crippen LogP contribution >= 0.6 is 0 Å². The van der Waals surface area contributed by atoms with Crippen LogP contribution in [0.2, 0.25) is 0 Å². The lowest BCUT2D eigenvalue weighted by Crippen LogP contribution is -2.06. The molecule has 3 aromatic rings. The quantitative estimate of drug-likeness (QED) is 0.731. The van der Waals surface area contributed by atoms with Gasteiger partial charge in [0, 0.05) is 22.6 Å². The zero-order chi connectivity index (χ0) is 15.7. The summed E-state index contributed by atoms with van der Waals surface area (Å²) in [5.41, 5.74) is 9.98. The Morgan fingerprint density at radius 1 is 1.09 bits per heavy atom. The predicted molar refractivity (Wildman–Crippen MR) is 89.2 cm³/mol. The predicted octanol–water partition coefficient (Wildman–Crippen LogP) is 4.30. The topological polar surface area (TPSA) is 56.2 Å². The Hall–Kier alpha value is -2.81. The lowest BCUT2D eigenvalue weighted by Gasteiger charge is -2.04. The molecule has 0 aliphatic rings. The third-order valence-electron chi connectivity index (χ3n) is 3.66. The number of hydrogen-bond donors (Lipinski definition) is 1. The average molecular weight is 291 g/mol. The second kappa shape index (κ2) is 5.53. The minimum Gasteiger partial charge on any atom is -0.455 e. The highest BCUT2D eigenvalue weighted by molar-refractivity contribution is 6.02. The molecule has 2 N–H and O–H groups in total. The van der Waals surface area contributed by atoms with Gasteiger partial charge in [0.2, 0.25) is 5.91 Å². The summed E-state index contributed by atoms with van der Waals surface area (Å²) in [6.45, 7) is 3.92. The molecule has 1 heterocycles. The van der Waals surface area contributed by atoms with Gasteiger partial charge in [0.15, 0.2) is 0 Å². The molecule has 110 valence electrons. The van der Waals surface area contributed by atoms with Crippen LogP contribution in [0.4, 0.5) is 0 Å². The van der Waals surface area contributed by atoms with Crippen molar-refractivity contribution in [2.24, 2.45) is 5.73 Å². The van der Waals surface area contributed by atoms with E-state index in [1.165, 1.54) is 11.6 Å². The van der Waals surface area contributed by atoms with Crippen LogP contribution in [0.15, 0.2) is 59.0 Å². The van der Waals surface area contributed by atoms with Crippen LogP contribution in [0.1, 0.15) is 18.1 Å². The zero-order valence-electron chi connectivity index (χ0n) is 12.6. The van der Waals surface area contributed by atoms with Crippen molar-refractivity contribution in [1.82, 2.24) is 0 Å². The van der Waals surface area contributed by atoms with Crippen molar-refractivity contribution in [3.8, 4) is 11.3 Å². The van der Waals surface area contributed by atoms with Gasteiger partial charge in [-0.05, 0) is 25.5 Å². The number of hydrogen-bond acceptors (Lipinski definition) is 2. The van der Waals surface area contributed by atoms with Crippen molar-refractivity contribution >= 4 is 22.4 Å². The largest absolute Gasteiger partial charge is 0.455 e. The van der Waals surface area contributed by atoms with Gasteiger partial charge in [0.25, 0.3) is 0 Å². The van der Waals surface area contributed by atoms with Gasteiger partial charge in [-0.2, -0.15) is 0 Å². The molecular weight excluding hydrogens is 274 g/mol. The number of allylic oxidation sites excluding steroid dienone is 1. The molecule has 1 amide bonds. The maximum atomic E-state index is 11.2. The number of benzene rings is 2. The average Bonchev–Trinajstić information content (AvgIpc) is 2.86. The number of aryl methyl sites for hydroxylation is 1. The molecule has 0 unspecified atom stereocenters. The van der Waals surface area contributed by atoms with Crippen molar-refractivity contribution in [3.63, 3.8) is 0 Å². The van der Waals surface area contributed by atoms with E-state index in [1.807, 2.05) is 62.4 Å². The summed E-state index contributed by atoms with van der Waals surface area (Å²) in [4.78, 5) is 11.2. The Balaban J connectivity index is 2.29. The van der Waals surface area contributed by atoms with Crippen LogP contribution in [-0.4, -0.2) is 5.91 Å². The number of furan rings is 1. The SMILES string of the molecule is C/C(=C\C(N)=O)c1c(-c2ccc(C)cc2)oc2ccccc12. The molecule has 0 radical (unpaired) electrons. The summed E-state index contributed by atoms with van der Waals surface area (Å²) >= 11 is 0. The first-order chi connectivity index (χ1) is 10.6. The lowest BCUT2D eigenvalue weighted by atomic mass is 9.99. The highest BCUT2D eigenvalue weighted by atomic mass is 16.3. The molecule has 0 saturated carbocycles. The van der Waals surface area contributed by atoms with Gasteiger partial charge < -0.3 is 10.2 Å². The van der Waals surface area contributed by atoms with Gasteiger partial charge in [-0.15, -0.1) is 0 Å². The minimum atomic E-state index is -0.461. The molecule has 3 heteroatoms. The molecule has 1 aromatic heterocycles. The van der Waals surface area contributed by atoms with E-state index in [0.29, 0.717) is 0 Å². The summed E-state index contributed by atoms with van der Waals surface area (Å²) in [6, 6.07) is 15.9. The number of carbonyl (C=O) groups excluding carboxylic acids is 1. The van der Waals surface area contributed by atoms with E-state index in [2.05, 4.69) is 0 Å². The Labute approximate surface area is 129 Å². The van der Waals surface area contributed by atoms with Gasteiger partial charge >= 0.3 is 0 Å². The van der Waals surface area contributed by atoms with Gasteiger partial charge in [-0.25, -0.2) is 0 Å². The highest BCUT2D eigenvalue weighted by Gasteiger charge is 2.17. The second-order valence-corrected chi connectivity index (χ2v) is 5.40. The number of fused-ring (bicyclic) bond motifs is 1. The standard InChI is InChI=1S/C19H17NO2/c1-12-7-9-14(10-8-12)19-18(13(2)11-17(20)21)15-5-3-4-6-16(15)22-19/h3-11H,1-2H3,(H2,20,21)/b13-11+. The van der Waals surface area contributed by atoms with E-state index < -0.39 is 5.91 Å². The molecule has 0 bridgehead atoms. The number of nitrogens with two attached hydrogens (primary N) is 1. The van der Waals surface area contributed by atoms with Crippen molar-refractivity contribution in [2.75, 3.05) is 0 Å². The summed E-state index contributed by atoms with van der Waals surface area (Å²) in [5, 5.41) is 0.980.